The molecule has 0 saturated carbocycles. The van der Waals surface area contributed by atoms with Crippen LogP contribution in [0.25, 0.3) is 11.2 Å². The van der Waals surface area contributed by atoms with Gasteiger partial charge in [0.15, 0.2) is 11.5 Å². The maximum Gasteiger partial charge on any atom is 0.180 e. The monoisotopic (exact) mass is 296 g/mol. The lowest BCUT2D eigenvalue weighted by Crippen LogP contribution is -1.98. The molecule has 0 aromatic carbocycles. The third kappa shape index (κ3) is 2.11. The Morgan fingerprint density at radius 1 is 1.33 bits per heavy atom. The summed E-state index contributed by atoms with van der Waals surface area (Å²) < 4.78 is 6.28. The summed E-state index contributed by atoms with van der Waals surface area (Å²) in [7, 11) is 0. The number of anilines is 2. The van der Waals surface area contributed by atoms with Gasteiger partial charge in [-0.25, -0.2) is 9.97 Å². The summed E-state index contributed by atoms with van der Waals surface area (Å²) in [6.45, 7) is 2.70. The molecule has 0 amide bonds. The van der Waals surface area contributed by atoms with Crippen molar-refractivity contribution in [2.45, 2.75) is 6.92 Å². The van der Waals surface area contributed by atoms with Crippen LogP contribution in [-0.4, -0.2) is 31.5 Å². The first kappa shape index (κ1) is 12.2. The highest BCUT2D eigenvalue weighted by atomic mass is 32.1. The fourth-order valence-electron chi connectivity index (χ4n) is 2.29. The van der Waals surface area contributed by atoms with Gasteiger partial charge in [-0.3, -0.25) is 9.39 Å². The van der Waals surface area contributed by atoms with E-state index in [-0.39, 0.29) is 0 Å². The van der Waals surface area contributed by atoms with Gasteiger partial charge in [-0.05, 0) is 24.5 Å². The number of rotatable bonds is 3. The number of hydrogen-bond donors (Lipinski definition) is 1. The molecule has 1 aliphatic heterocycles. The van der Waals surface area contributed by atoms with Crippen molar-refractivity contribution in [2.75, 3.05) is 11.9 Å². The van der Waals surface area contributed by atoms with E-state index in [0.29, 0.717) is 0 Å². The molecule has 21 heavy (non-hydrogen) atoms. The minimum atomic E-state index is 0.725. The largest absolute Gasteiger partial charge is 0.328 e. The molecule has 0 spiro atoms. The third-order valence-corrected chi connectivity index (χ3v) is 4.04. The van der Waals surface area contributed by atoms with Gasteiger partial charge < -0.3 is 5.32 Å². The number of hydrogen-bond acceptors (Lipinski definition) is 6. The summed E-state index contributed by atoms with van der Waals surface area (Å²) in [6.07, 6.45) is 9.49. The van der Waals surface area contributed by atoms with Gasteiger partial charge in [0.1, 0.15) is 5.00 Å². The summed E-state index contributed by atoms with van der Waals surface area (Å²) in [4.78, 5) is 13.1. The molecule has 0 saturated heterocycles. The number of aliphatic imine (C=N–C) groups is 1. The van der Waals surface area contributed by atoms with E-state index in [0.717, 1.165) is 40.0 Å². The van der Waals surface area contributed by atoms with E-state index in [1.807, 2.05) is 36.0 Å². The summed E-state index contributed by atoms with van der Waals surface area (Å²) in [5, 5.41) is 4.24. The molecule has 7 heteroatoms. The first-order chi connectivity index (χ1) is 10.3. The minimum absolute atomic E-state index is 0.725. The normalized spacial score (nSPS) is 13.9. The Labute approximate surface area is 125 Å². The second-order valence-electron chi connectivity index (χ2n) is 4.72. The predicted molar refractivity (Wildman–Crippen MR) is 84.5 cm³/mol. The van der Waals surface area contributed by atoms with Crippen molar-refractivity contribution in [1.82, 2.24) is 18.7 Å². The van der Waals surface area contributed by atoms with Gasteiger partial charge in [0.25, 0.3) is 0 Å². The summed E-state index contributed by atoms with van der Waals surface area (Å²) in [5.74, 6) is 0.725. The van der Waals surface area contributed by atoms with E-state index in [2.05, 4.69) is 30.7 Å². The highest BCUT2D eigenvalue weighted by Gasteiger charge is 2.13. The molecular formula is C14H12N6S. The summed E-state index contributed by atoms with van der Waals surface area (Å²) in [5.41, 5.74) is 3.90. The Kier molecular flexibility index (Phi) is 2.78. The van der Waals surface area contributed by atoms with E-state index < -0.39 is 0 Å². The van der Waals surface area contributed by atoms with Gasteiger partial charge in [-0.15, -0.1) is 0 Å². The number of aryl methyl sites for hydroxylation is 1. The number of nitrogens with one attached hydrogen (secondary N) is 1. The lowest BCUT2D eigenvalue weighted by molar-refractivity contribution is 1.11. The Morgan fingerprint density at radius 2 is 2.29 bits per heavy atom. The molecular weight excluding hydrogens is 284 g/mol. The molecule has 0 bridgehead atoms. The van der Waals surface area contributed by atoms with E-state index in [1.165, 1.54) is 11.5 Å². The number of nitrogens with zero attached hydrogens (tertiary/aromatic N) is 5. The van der Waals surface area contributed by atoms with Gasteiger partial charge in [0.2, 0.25) is 0 Å². The smallest absolute Gasteiger partial charge is 0.180 e. The quantitative estimate of drug-likeness (QED) is 0.807. The number of allylic oxidation sites excluding steroid dienone is 1. The standard InChI is InChI=1S/C14H12N6S/c1-9-6-12(21-19-9)18-13-14-17-8-11(10-2-3-15-7-10)20(14)5-4-16-13/h2,4-8H,3H2,1H3,(H,16,18). The average Bonchev–Trinajstić information content (AvgIpc) is 3.18. The van der Waals surface area contributed by atoms with Crippen LogP contribution in [0, 0.1) is 6.92 Å². The molecule has 3 aromatic heterocycles. The van der Waals surface area contributed by atoms with Gasteiger partial charge in [0, 0.05) is 24.2 Å². The average molecular weight is 296 g/mol. The highest BCUT2D eigenvalue weighted by Crippen LogP contribution is 2.25. The first-order valence-corrected chi connectivity index (χ1v) is 7.31. The molecule has 0 atom stereocenters. The molecule has 0 aliphatic carbocycles. The van der Waals surface area contributed by atoms with E-state index in [1.54, 1.807) is 6.20 Å². The first-order valence-electron chi connectivity index (χ1n) is 6.54. The van der Waals surface area contributed by atoms with Gasteiger partial charge >= 0.3 is 0 Å². The van der Waals surface area contributed by atoms with Gasteiger partial charge in [0.05, 0.1) is 24.1 Å². The van der Waals surface area contributed by atoms with Crippen LogP contribution in [0.4, 0.5) is 10.8 Å². The lowest BCUT2D eigenvalue weighted by Gasteiger charge is -2.05. The Bertz CT molecular complexity index is 873. The highest BCUT2D eigenvalue weighted by molar-refractivity contribution is 7.10. The Morgan fingerprint density at radius 3 is 3.05 bits per heavy atom. The second kappa shape index (κ2) is 4.78. The van der Waals surface area contributed by atoms with E-state index in [4.69, 9.17) is 0 Å². The van der Waals surface area contributed by atoms with Crippen molar-refractivity contribution in [1.29, 1.82) is 0 Å². The zero-order valence-electron chi connectivity index (χ0n) is 11.3. The molecule has 0 radical (unpaired) electrons. The fourth-order valence-corrected chi connectivity index (χ4v) is 2.95. The van der Waals surface area contributed by atoms with E-state index >= 15 is 0 Å². The van der Waals surface area contributed by atoms with Crippen LogP contribution in [0.3, 0.4) is 0 Å². The van der Waals surface area contributed by atoms with Crippen LogP contribution in [0.2, 0.25) is 0 Å². The Hall–Kier alpha value is -2.54. The molecule has 4 heterocycles. The van der Waals surface area contributed by atoms with Crippen molar-refractivity contribution in [2.24, 2.45) is 4.99 Å². The molecule has 0 fully saturated rings. The molecule has 1 N–H and O–H groups in total. The molecule has 0 unspecified atom stereocenters. The zero-order chi connectivity index (χ0) is 14.2. The van der Waals surface area contributed by atoms with Crippen LogP contribution in [-0.2, 0) is 0 Å². The van der Waals surface area contributed by atoms with Crippen LogP contribution >= 0.6 is 11.5 Å². The van der Waals surface area contributed by atoms with Gasteiger partial charge in [-0.2, -0.15) is 4.37 Å². The third-order valence-electron chi connectivity index (χ3n) is 3.24. The van der Waals surface area contributed by atoms with Crippen molar-refractivity contribution < 1.29 is 0 Å². The van der Waals surface area contributed by atoms with Crippen LogP contribution in [0.5, 0.6) is 0 Å². The number of fused-ring (bicyclic) bond motifs is 1. The second-order valence-corrected chi connectivity index (χ2v) is 5.53. The van der Waals surface area contributed by atoms with Gasteiger partial charge in [-0.1, -0.05) is 6.08 Å². The summed E-state index contributed by atoms with van der Waals surface area (Å²) in [6, 6.07) is 1.99. The fraction of sp³-hybridized carbons (Fsp3) is 0.143. The Balaban J connectivity index is 1.78. The van der Waals surface area contributed by atoms with Crippen molar-refractivity contribution in [3.8, 4) is 0 Å². The van der Waals surface area contributed by atoms with Crippen LogP contribution in [0.1, 0.15) is 11.4 Å². The molecule has 4 rings (SSSR count). The predicted octanol–water partition coefficient (Wildman–Crippen LogP) is 2.71. The maximum absolute atomic E-state index is 4.49. The SMILES string of the molecule is Cc1cc(Nc2nccn3c(C4=CCN=C4)cnc23)sn1. The maximum atomic E-state index is 4.49. The van der Waals surface area contributed by atoms with Crippen molar-refractivity contribution in [3.05, 3.63) is 42.1 Å². The van der Waals surface area contributed by atoms with Crippen LogP contribution < -0.4 is 5.32 Å². The van der Waals surface area contributed by atoms with Crippen molar-refractivity contribution in [3.63, 3.8) is 0 Å². The number of aromatic nitrogens is 4. The molecule has 3 aromatic rings. The minimum Gasteiger partial charge on any atom is -0.328 e. The van der Waals surface area contributed by atoms with Crippen LogP contribution in [0.15, 0.2) is 35.7 Å². The van der Waals surface area contributed by atoms with Crippen molar-refractivity contribution >= 4 is 39.8 Å². The molecule has 104 valence electrons. The summed E-state index contributed by atoms with van der Waals surface area (Å²) >= 11 is 1.41. The number of imidazole rings is 1. The van der Waals surface area contributed by atoms with E-state index in [9.17, 15) is 0 Å². The zero-order valence-corrected chi connectivity index (χ0v) is 12.1. The topological polar surface area (TPSA) is 67.5 Å². The molecule has 1 aliphatic rings. The molecule has 6 nitrogen and oxygen atoms in total. The lowest BCUT2D eigenvalue weighted by atomic mass is 10.2.